The van der Waals surface area contributed by atoms with E-state index in [-0.39, 0.29) is 29.7 Å². The van der Waals surface area contributed by atoms with Gasteiger partial charge < -0.3 is 14.7 Å². The minimum Gasteiger partial charge on any atom is -0.359 e. The van der Waals surface area contributed by atoms with Crippen molar-refractivity contribution in [3.63, 3.8) is 0 Å². The van der Waals surface area contributed by atoms with Crippen molar-refractivity contribution in [2.45, 2.75) is 25.1 Å². The molecular formula is C18H25IN4O3S. The lowest BCUT2D eigenvalue weighted by atomic mass is 10.1. The van der Waals surface area contributed by atoms with Gasteiger partial charge in [0.1, 0.15) is 5.69 Å². The first-order chi connectivity index (χ1) is 12.3. The fourth-order valence-corrected chi connectivity index (χ4v) is 4.33. The van der Waals surface area contributed by atoms with E-state index in [4.69, 9.17) is 4.52 Å². The molecule has 1 aromatic heterocycles. The van der Waals surface area contributed by atoms with Gasteiger partial charge in [-0.1, -0.05) is 35.5 Å². The number of rotatable bonds is 3. The van der Waals surface area contributed by atoms with Gasteiger partial charge in [-0.2, -0.15) is 0 Å². The summed E-state index contributed by atoms with van der Waals surface area (Å²) in [7, 11) is -1.39. The molecule has 148 valence electrons. The highest BCUT2D eigenvalue weighted by atomic mass is 127. The number of nitrogens with one attached hydrogen (secondary N) is 1. The zero-order chi connectivity index (χ0) is 18.8. The van der Waals surface area contributed by atoms with Crippen LogP contribution in [0.1, 0.15) is 19.6 Å². The summed E-state index contributed by atoms with van der Waals surface area (Å²) < 4.78 is 28.9. The van der Waals surface area contributed by atoms with Gasteiger partial charge in [-0.05, 0) is 13.8 Å². The SMILES string of the molecule is CN=C(NCc1cc(-c2ccccc2)no1)N1CCS(=O)(=O)C(C)(C)C1.I. The highest BCUT2D eigenvalue weighted by Gasteiger charge is 2.40. The summed E-state index contributed by atoms with van der Waals surface area (Å²) >= 11 is 0. The third kappa shape index (κ3) is 4.81. The molecular weight excluding hydrogens is 479 g/mol. The fourth-order valence-electron chi connectivity index (χ4n) is 2.96. The minimum atomic E-state index is -3.08. The lowest BCUT2D eigenvalue weighted by molar-refractivity contribution is 0.346. The quantitative estimate of drug-likeness (QED) is 0.393. The second-order valence-electron chi connectivity index (χ2n) is 6.95. The molecule has 0 amide bonds. The van der Waals surface area contributed by atoms with Crippen molar-refractivity contribution in [2.24, 2.45) is 4.99 Å². The first-order valence-corrected chi connectivity index (χ1v) is 10.2. The largest absolute Gasteiger partial charge is 0.359 e. The number of hydrogen-bond acceptors (Lipinski definition) is 5. The Morgan fingerprint density at radius 2 is 2.04 bits per heavy atom. The zero-order valence-corrected chi connectivity index (χ0v) is 18.8. The summed E-state index contributed by atoms with van der Waals surface area (Å²) in [5, 5.41) is 7.33. The van der Waals surface area contributed by atoms with Gasteiger partial charge in [0.15, 0.2) is 21.6 Å². The number of hydrogen-bond donors (Lipinski definition) is 1. The third-order valence-electron chi connectivity index (χ3n) is 4.60. The molecule has 3 rings (SSSR count). The molecule has 0 bridgehead atoms. The maximum atomic E-state index is 12.2. The van der Waals surface area contributed by atoms with Crippen LogP contribution in [0, 0.1) is 0 Å². The highest BCUT2D eigenvalue weighted by Crippen LogP contribution is 2.24. The van der Waals surface area contributed by atoms with Crippen molar-refractivity contribution in [3.05, 3.63) is 42.2 Å². The molecule has 1 fully saturated rings. The molecule has 1 saturated heterocycles. The van der Waals surface area contributed by atoms with Crippen LogP contribution in [0.15, 0.2) is 45.9 Å². The molecule has 1 aliphatic rings. The first kappa shape index (κ1) is 21.7. The van der Waals surface area contributed by atoms with Crippen LogP contribution in [0.25, 0.3) is 11.3 Å². The molecule has 9 heteroatoms. The molecule has 0 saturated carbocycles. The van der Waals surface area contributed by atoms with E-state index in [1.54, 1.807) is 20.9 Å². The normalized spacial score (nSPS) is 18.6. The molecule has 1 N–H and O–H groups in total. The van der Waals surface area contributed by atoms with Crippen LogP contribution in [-0.2, 0) is 16.4 Å². The lowest BCUT2D eigenvalue weighted by Crippen LogP contribution is -2.57. The Kier molecular flexibility index (Phi) is 6.90. The predicted octanol–water partition coefficient (Wildman–Crippen LogP) is 2.54. The van der Waals surface area contributed by atoms with Gasteiger partial charge in [-0.15, -0.1) is 24.0 Å². The maximum Gasteiger partial charge on any atom is 0.194 e. The topological polar surface area (TPSA) is 87.8 Å². The summed E-state index contributed by atoms with van der Waals surface area (Å²) in [6.45, 7) is 4.77. The highest BCUT2D eigenvalue weighted by molar-refractivity contribution is 14.0. The average molecular weight is 504 g/mol. The Morgan fingerprint density at radius 3 is 2.67 bits per heavy atom. The van der Waals surface area contributed by atoms with E-state index in [2.05, 4.69) is 15.5 Å². The van der Waals surface area contributed by atoms with Crippen molar-refractivity contribution in [2.75, 3.05) is 25.9 Å². The average Bonchev–Trinajstić information content (AvgIpc) is 3.08. The fraction of sp³-hybridized carbons (Fsp3) is 0.444. The van der Waals surface area contributed by atoms with E-state index in [1.807, 2.05) is 41.3 Å². The summed E-state index contributed by atoms with van der Waals surface area (Å²) in [4.78, 5) is 6.25. The summed E-state index contributed by atoms with van der Waals surface area (Å²) in [6, 6.07) is 11.7. The van der Waals surface area contributed by atoms with Gasteiger partial charge >= 0.3 is 0 Å². The van der Waals surface area contributed by atoms with E-state index in [9.17, 15) is 8.42 Å². The molecule has 1 aromatic carbocycles. The lowest BCUT2D eigenvalue weighted by Gasteiger charge is -2.39. The van der Waals surface area contributed by atoms with E-state index in [0.29, 0.717) is 31.4 Å². The number of aliphatic imine (C=N–C) groups is 1. The molecule has 0 spiro atoms. The van der Waals surface area contributed by atoms with Crippen LogP contribution in [-0.4, -0.2) is 55.1 Å². The predicted molar refractivity (Wildman–Crippen MR) is 117 cm³/mol. The number of sulfone groups is 1. The maximum absolute atomic E-state index is 12.2. The van der Waals surface area contributed by atoms with Crippen LogP contribution in [0.2, 0.25) is 0 Å². The molecule has 27 heavy (non-hydrogen) atoms. The molecule has 0 radical (unpaired) electrons. The van der Waals surface area contributed by atoms with E-state index < -0.39 is 14.6 Å². The zero-order valence-electron chi connectivity index (χ0n) is 15.7. The van der Waals surface area contributed by atoms with Crippen LogP contribution >= 0.6 is 24.0 Å². The van der Waals surface area contributed by atoms with Crippen LogP contribution in [0.5, 0.6) is 0 Å². The van der Waals surface area contributed by atoms with Crippen LogP contribution in [0.4, 0.5) is 0 Å². The number of benzene rings is 1. The van der Waals surface area contributed by atoms with Gasteiger partial charge in [-0.25, -0.2) is 8.42 Å². The first-order valence-electron chi connectivity index (χ1n) is 8.51. The van der Waals surface area contributed by atoms with Crippen molar-refractivity contribution in [1.29, 1.82) is 0 Å². The molecule has 0 aliphatic carbocycles. The van der Waals surface area contributed by atoms with Crippen molar-refractivity contribution < 1.29 is 12.9 Å². The Bertz CT molecular complexity index is 894. The van der Waals surface area contributed by atoms with Gasteiger partial charge in [0.2, 0.25) is 0 Å². The Balaban J connectivity index is 0.00000261. The number of guanidine groups is 1. The molecule has 2 aromatic rings. The summed E-state index contributed by atoms with van der Waals surface area (Å²) in [5.41, 5.74) is 1.78. The van der Waals surface area contributed by atoms with E-state index >= 15 is 0 Å². The third-order valence-corrected chi connectivity index (χ3v) is 7.14. The smallest absolute Gasteiger partial charge is 0.194 e. The van der Waals surface area contributed by atoms with E-state index in [1.165, 1.54) is 0 Å². The monoisotopic (exact) mass is 504 g/mol. The van der Waals surface area contributed by atoms with Gasteiger partial charge in [-0.3, -0.25) is 4.99 Å². The molecule has 2 heterocycles. The van der Waals surface area contributed by atoms with Gasteiger partial charge in [0, 0.05) is 31.8 Å². The van der Waals surface area contributed by atoms with Crippen LogP contribution < -0.4 is 5.32 Å². The van der Waals surface area contributed by atoms with Crippen molar-refractivity contribution >= 4 is 39.8 Å². The Labute approximate surface area is 177 Å². The van der Waals surface area contributed by atoms with Gasteiger partial charge in [0.05, 0.1) is 17.0 Å². The van der Waals surface area contributed by atoms with E-state index in [0.717, 1.165) is 11.3 Å². The molecule has 0 unspecified atom stereocenters. The summed E-state index contributed by atoms with van der Waals surface area (Å²) in [6.07, 6.45) is 0. The standard InChI is InChI=1S/C18H24N4O3S.HI/c1-18(2)13-22(9-10-26(18,23)24)17(19-3)20-12-15-11-16(21-25-15)14-7-5-4-6-8-14;/h4-8,11H,9-10,12-13H2,1-3H3,(H,19,20);1H. The number of halogens is 1. The Hall–Kier alpha value is -1.62. The van der Waals surface area contributed by atoms with Crippen molar-refractivity contribution in [1.82, 2.24) is 15.4 Å². The van der Waals surface area contributed by atoms with Gasteiger partial charge in [0.25, 0.3) is 0 Å². The molecule has 1 aliphatic heterocycles. The van der Waals surface area contributed by atoms with Crippen LogP contribution in [0.3, 0.4) is 0 Å². The minimum absolute atomic E-state index is 0. The second kappa shape index (κ2) is 8.59. The summed E-state index contributed by atoms with van der Waals surface area (Å²) in [5.74, 6) is 1.47. The number of aromatic nitrogens is 1. The Morgan fingerprint density at radius 1 is 1.33 bits per heavy atom. The van der Waals surface area contributed by atoms with Crippen molar-refractivity contribution in [3.8, 4) is 11.3 Å². The number of nitrogens with zero attached hydrogens (tertiary/aromatic N) is 3. The molecule has 7 nitrogen and oxygen atoms in total. The second-order valence-corrected chi connectivity index (χ2v) is 9.69. The molecule has 0 atom stereocenters.